The maximum Gasteiger partial charge on any atom is 0.182 e. The molecule has 0 saturated heterocycles. The van der Waals surface area contributed by atoms with Gasteiger partial charge in [-0.25, -0.2) is 0 Å². The van der Waals surface area contributed by atoms with Gasteiger partial charge in [0, 0.05) is 19.2 Å². The number of Topliss-reactive ketones (excluding diaryl/α,β-unsaturated/α-hetero) is 1. The summed E-state index contributed by atoms with van der Waals surface area (Å²) in [4.78, 5) is 17.4. The molecule has 1 heterocycles. The zero-order valence-corrected chi connectivity index (χ0v) is 8.03. The highest BCUT2D eigenvalue weighted by Gasteiger charge is 2.05. The molecule has 0 aromatic carbocycles. The predicted molar refractivity (Wildman–Crippen MR) is 51.7 cm³/mol. The van der Waals surface area contributed by atoms with Crippen LogP contribution in [0.4, 0.5) is 0 Å². The third-order valence-electron chi connectivity index (χ3n) is 1.74. The fourth-order valence-corrected chi connectivity index (χ4v) is 0.981. The average molecular weight is 178 g/mol. The second-order valence-corrected chi connectivity index (χ2v) is 3.19. The Balaban J connectivity index is 2.50. The van der Waals surface area contributed by atoms with Crippen molar-refractivity contribution in [2.45, 2.75) is 6.42 Å². The molecule has 0 fully saturated rings. The summed E-state index contributed by atoms with van der Waals surface area (Å²) >= 11 is 0. The fourth-order valence-electron chi connectivity index (χ4n) is 0.981. The second kappa shape index (κ2) is 4.72. The van der Waals surface area contributed by atoms with Crippen LogP contribution in [0.1, 0.15) is 16.9 Å². The quantitative estimate of drug-likeness (QED) is 0.650. The molecule has 3 heteroatoms. The molecular weight excluding hydrogens is 164 g/mol. The molecule has 1 aromatic heterocycles. The van der Waals surface area contributed by atoms with Gasteiger partial charge in [-0.15, -0.1) is 0 Å². The van der Waals surface area contributed by atoms with Crippen LogP contribution in [0.25, 0.3) is 0 Å². The van der Waals surface area contributed by atoms with Gasteiger partial charge in [-0.1, -0.05) is 6.07 Å². The summed E-state index contributed by atoms with van der Waals surface area (Å²) in [5.41, 5.74) is 0.560. The Hall–Kier alpha value is -1.22. The first-order chi connectivity index (χ1) is 6.20. The molecule has 70 valence electrons. The molecule has 0 spiro atoms. The zero-order valence-electron chi connectivity index (χ0n) is 8.03. The normalized spacial score (nSPS) is 10.4. The summed E-state index contributed by atoms with van der Waals surface area (Å²) < 4.78 is 0. The van der Waals surface area contributed by atoms with Gasteiger partial charge in [0.25, 0.3) is 0 Å². The predicted octanol–water partition coefficient (Wildman–Crippen LogP) is 1.22. The van der Waals surface area contributed by atoms with Crippen LogP contribution in [0.3, 0.4) is 0 Å². The number of pyridine rings is 1. The van der Waals surface area contributed by atoms with Crippen molar-refractivity contribution in [1.29, 1.82) is 0 Å². The van der Waals surface area contributed by atoms with E-state index in [2.05, 4.69) is 4.98 Å². The largest absolute Gasteiger partial charge is 0.309 e. The first-order valence-electron chi connectivity index (χ1n) is 4.29. The fraction of sp³-hybridized carbons (Fsp3) is 0.400. The van der Waals surface area contributed by atoms with E-state index in [0.29, 0.717) is 12.1 Å². The molecule has 0 amide bonds. The lowest BCUT2D eigenvalue weighted by Crippen LogP contribution is -2.17. The van der Waals surface area contributed by atoms with Crippen LogP contribution in [0, 0.1) is 0 Å². The van der Waals surface area contributed by atoms with E-state index < -0.39 is 0 Å². The Bertz CT molecular complexity index is 270. The first-order valence-corrected chi connectivity index (χ1v) is 4.29. The van der Waals surface area contributed by atoms with Crippen LogP contribution in [0.15, 0.2) is 24.4 Å². The number of hydrogen-bond donors (Lipinski definition) is 0. The number of nitrogens with zero attached hydrogens (tertiary/aromatic N) is 2. The number of rotatable bonds is 4. The number of ketones is 1. The highest BCUT2D eigenvalue weighted by Crippen LogP contribution is 1.98. The molecule has 3 nitrogen and oxygen atoms in total. The lowest BCUT2D eigenvalue weighted by atomic mass is 10.2. The van der Waals surface area contributed by atoms with Gasteiger partial charge < -0.3 is 4.90 Å². The SMILES string of the molecule is CN(C)CCC(=O)c1ccccn1. The Morgan fingerprint density at radius 3 is 2.77 bits per heavy atom. The van der Waals surface area contributed by atoms with Gasteiger partial charge in [-0.3, -0.25) is 9.78 Å². The number of aromatic nitrogens is 1. The summed E-state index contributed by atoms with van der Waals surface area (Å²) in [6, 6.07) is 5.39. The minimum atomic E-state index is 0.106. The van der Waals surface area contributed by atoms with Crippen LogP contribution in [0.2, 0.25) is 0 Å². The van der Waals surface area contributed by atoms with E-state index in [-0.39, 0.29) is 5.78 Å². The van der Waals surface area contributed by atoms with E-state index in [4.69, 9.17) is 0 Å². The van der Waals surface area contributed by atoms with E-state index in [1.165, 1.54) is 0 Å². The Morgan fingerprint density at radius 1 is 1.46 bits per heavy atom. The van der Waals surface area contributed by atoms with Gasteiger partial charge in [0.2, 0.25) is 0 Å². The summed E-state index contributed by atoms with van der Waals surface area (Å²) in [5, 5.41) is 0. The van der Waals surface area contributed by atoms with Gasteiger partial charge in [0.15, 0.2) is 5.78 Å². The first kappa shape index (κ1) is 9.86. The highest BCUT2D eigenvalue weighted by molar-refractivity contribution is 5.94. The van der Waals surface area contributed by atoms with E-state index in [0.717, 1.165) is 6.54 Å². The standard InChI is InChI=1S/C10H14N2O/c1-12(2)8-6-10(13)9-5-3-4-7-11-9/h3-5,7H,6,8H2,1-2H3. The lowest BCUT2D eigenvalue weighted by molar-refractivity contribution is 0.0968. The van der Waals surface area contributed by atoms with E-state index in [1.54, 1.807) is 12.3 Å². The third kappa shape index (κ3) is 3.34. The Morgan fingerprint density at radius 2 is 2.23 bits per heavy atom. The zero-order chi connectivity index (χ0) is 9.68. The van der Waals surface area contributed by atoms with Crippen molar-refractivity contribution in [3.8, 4) is 0 Å². The van der Waals surface area contributed by atoms with Crippen LogP contribution >= 0.6 is 0 Å². The van der Waals surface area contributed by atoms with Gasteiger partial charge in [0.05, 0.1) is 0 Å². The van der Waals surface area contributed by atoms with Crippen LogP contribution in [-0.4, -0.2) is 36.3 Å². The van der Waals surface area contributed by atoms with Crippen molar-refractivity contribution in [3.63, 3.8) is 0 Å². The van der Waals surface area contributed by atoms with Crippen molar-refractivity contribution in [2.75, 3.05) is 20.6 Å². The summed E-state index contributed by atoms with van der Waals surface area (Å²) in [7, 11) is 3.90. The Kier molecular flexibility index (Phi) is 3.58. The van der Waals surface area contributed by atoms with Gasteiger partial charge in [-0.2, -0.15) is 0 Å². The Labute approximate surface area is 78.4 Å². The van der Waals surface area contributed by atoms with Crippen molar-refractivity contribution in [3.05, 3.63) is 30.1 Å². The van der Waals surface area contributed by atoms with Crippen LogP contribution in [0.5, 0.6) is 0 Å². The topological polar surface area (TPSA) is 33.2 Å². The van der Waals surface area contributed by atoms with E-state index in [1.807, 2.05) is 31.1 Å². The second-order valence-electron chi connectivity index (χ2n) is 3.19. The van der Waals surface area contributed by atoms with Crippen LogP contribution in [-0.2, 0) is 0 Å². The molecular formula is C10H14N2O. The van der Waals surface area contributed by atoms with E-state index in [9.17, 15) is 4.79 Å². The van der Waals surface area contributed by atoms with Crippen LogP contribution < -0.4 is 0 Å². The minimum absolute atomic E-state index is 0.106. The maximum atomic E-state index is 11.5. The molecule has 1 aromatic rings. The number of carbonyl (C=O) groups is 1. The molecule has 0 atom stereocenters. The van der Waals surface area contributed by atoms with Crippen molar-refractivity contribution >= 4 is 5.78 Å². The molecule has 0 radical (unpaired) electrons. The highest BCUT2D eigenvalue weighted by atomic mass is 16.1. The molecule has 13 heavy (non-hydrogen) atoms. The number of carbonyl (C=O) groups excluding carboxylic acids is 1. The summed E-state index contributed by atoms with van der Waals surface area (Å²) in [6.45, 7) is 0.773. The third-order valence-corrected chi connectivity index (χ3v) is 1.74. The van der Waals surface area contributed by atoms with Gasteiger partial charge in [0.1, 0.15) is 5.69 Å². The molecule has 0 unspecified atom stereocenters. The molecule has 0 saturated carbocycles. The summed E-state index contributed by atoms with van der Waals surface area (Å²) in [5.74, 6) is 0.106. The average Bonchev–Trinajstić information content (AvgIpc) is 2.15. The number of hydrogen-bond acceptors (Lipinski definition) is 3. The monoisotopic (exact) mass is 178 g/mol. The van der Waals surface area contributed by atoms with E-state index >= 15 is 0 Å². The van der Waals surface area contributed by atoms with Gasteiger partial charge in [-0.05, 0) is 26.2 Å². The molecule has 0 N–H and O–H groups in total. The van der Waals surface area contributed by atoms with Crippen molar-refractivity contribution in [2.24, 2.45) is 0 Å². The minimum Gasteiger partial charge on any atom is -0.309 e. The molecule has 0 aliphatic rings. The molecule has 0 aliphatic heterocycles. The lowest BCUT2D eigenvalue weighted by Gasteiger charge is -2.07. The van der Waals surface area contributed by atoms with Crippen molar-refractivity contribution in [1.82, 2.24) is 9.88 Å². The van der Waals surface area contributed by atoms with Crippen molar-refractivity contribution < 1.29 is 4.79 Å². The maximum absolute atomic E-state index is 11.5. The molecule has 1 rings (SSSR count). The summed E-state index contributed by atoms with van der Waals surface area (Å²) in [6.07, 6.45) is 2.17. The molecule has 0 bridgehead atoms. The molecule has 0 aliphatic carbocycles. The smallest absolute Gasteiger partial charge is 0.182 e. The van der Waals surface area contributed by atoms with Gasteiger partial charge >= 0.3 is 0 Å².